The van der Waals surface area contributed by atoms with Crippen LogP contribution in [0.3, 0.4) is 0 Å². The van der Waals surface area contributed by atoms with Crippen molar-refractivity contribution in [2.45, 2.75) is 25.4 Å². The molecule has 1 aliphatic rings. The molecule has 0 bridgehead atoms. The van der Waals surface area contributed by atoms with Crippen molar-refractivity contribution in [2.24, 2.45) is 0 Å². The van der Waals surface area contributed by atoms with E-state index in [0.717, 1.165) is 4.90 Å². The van der Waals surface area contributed by atoms with E-state index < -0.39 is 34.9 Å². The first-order valence-electron chi connectivity index (χ1n) is 7.86. The van der Waals surface area contributed by atoms with Crippen molar-refractivity contribution in [3.05, 3.63) is 39.9 Å². The predicted molar refractivity (Wildman–Crippen MR) is 90.2 cm³/mol. The molecule has 10 nitrogen and oxygen atoms in total. The van der Waals surface area contributed by atoms with Crippen LogP contribution in [0.2, 0.25) is 0 Å². The first-order valence-corrected chi connectivity index (χ1v) is 7.86. The van der Waals surface area contributed by atoms with Gasteiger partial charge >= 0.3 is 6.03 Å². The second-order valence-corrected chi connectivity index (χ2v) is 6.17. The zero-order chi connectivity index (χ0) is 19.5. The molecule has 1 aliphatic heterocycles. The first-order chi connectivity index (χ1) is 12.2. The summed E-state index contributed by atoms with van der Waals surface area (Å²) in [5.74, 6) is -1.10. The Kier molecular flexibility index (Phi) is 5.56. The zero-order valence-corrected chi connectivity index (χ0v) is 14.6. The van der Waals surface area contributed by atoms with Crippen LogP contribution in [0.5, 0.6) is 0 Å². The number of rotatable bonds is 7. The average molecular weight is 364 g/mol. The summed E-state index contributed by atoms with van der Waals surface area (Å²) in [7, 11) is 1.50. The number of methoxy groups -OCH3 is 1. The number of nitro benzene ring substituents is 1. The van der Waals surface area contributed by atoms with E-state index in [1.54, 1.807) is 6.92 Å². The molecule has 1 aromatic carbocycles. The summed E-state index contributed by atoms with van der Waals surface area (Å²) in [6.07, 6.45) is 0. The fourth-order valence-electron chi connectivity index (χ4n) is 2.71. The monoisotopic (exact) mass is 364 g/mol. The van der Waals surface area contributed by atoms with Gasteiger partial charge in [-0.1, -0.05) is 0 Å². The number of carbonyl (C=O) groups excluding carboxylic acids is 3. The molecular formula is C16H20N4O6. The molecule has 1 heterocycles. The van der Waals surface area contributed by atoms with Crippen LogP contribution in [0.1, 0.15) is 19.4 Å². The first kappa shape index (κ1) is 19.3. The van der Waals surface area contributed by atoms with E-state index in [-0.39, 0.29) is 11.7 Å². The number of urea groups is 1. The molecule has 140 valence electrons. The summed E-state index contributed by atoms with van der Waals surface area (Å²) in [6, 6.07) is 4.34. The van der Waals surface area contributed by atoms with Gasteiger partial charge in [-0.2, -0.15) is 0 Å². The Morgan fingerprint density at radius 2 is 2.00 bits per heavy atom. The molecule has 0 spiro atoms. The third-order valence-corrected chi connectivity index (χ3v) is 4.06. The number of nitrogens with zero attached hydrogens (tertiary/aromatic N) is 2. The lowest BCUT2D eigenvalue weighted by Crippen LogP contribution is -2.45. The van der Waals surface area contributed by atoms with E-state index in [1.807, 2.05) is 0 Å². The molecular weight excluding hydrogens is 344 g/mol. The van der Waals surface area contributed by atoms with Gasteiger partial charge in [-0.3, -0.25) is 24.6 Å². The highest BCUT2D eigenvalue weighted by atomic mass is 16.6. The predicted octanol–water partition coefficient (Wildman–Crippen LogP) is 0.513. The summed E-state index contributed by atoms with van der Waals surface area (Å²) in [4.78, 5) is 47.9. The van der Waals surface area contributed by atoms with Crippen LogP contribution in [-0.2, 0) is 19.9 Å². The number of non-ortho nitro benzene ring substituents is 1. The Morgan fingerprint density at radius 1 is 1.38 bits per heavy atom. The van der Waals surface area contributed by atoms with Crippen molar-refractivity contribution >= 4 is 23.5 Å². The second-order valence-electron chi connectivity index (χ2n) is 6.17. The van der Waals surface area contributed by atoms with Gasteiger partial charge in [0.2, 0.25) is 5.91 Å². The van der Waals surface area contributed by atoms with Crippen LogP contribution in [-0.4, -0.2) is 54.0 Å². The minimum atomic E-state index is -1.40. The number of imide groups is 1. The summed E-state index contributed by atoms with van der Waals surface area (Å²) in [5, 5.41) is 15.9. The molecule has 0 unspecified atom stereocenters. The average Bonchev–Trinajstić information content (AvgIpc) is 2.79. The fourth-order valence-corrected chi connectivity index (χ4v) is 2.71. The Hall–Kier alpha value is -3.01. The van der Waals surface area contributed by atoms with Gasteiger partial charge in [-0.15, -0.1) is 0 Å². The number of nitro groups is 1. The number of amides is 4. The Labute approximate surface area is 149 Å². The topological polar surface area (TPSA) is 131 Å². The molecule has 10 heteroatoms. The Morgan fingerprint density at radius 3 is 2.54 bits per heavy atom. The molecule has 26 heavy (non-hydrogen) atoms. The molecule has 1 aromatic rings. The fraction of sp³-hybridized carbons (Fsp3) is 0.438. The van der Waals surface area contributed by atoms with Gasteiger partial charge in [0.25, 0.3) is 11.6 Å². The minimum absolute atomic E-state index is 0.127. The molecule has 0 aliphatic carbocycles. The maximum atomic E-state index is 12.7. The molecule has 0 aromatic heterocycles. The number of carbonyl (C=O) groups is 3. The Bertz CT molecular complexity index is 735. The van der Waals surface area contributed by atoms with Crippen LogP contribution in [0, 0.1) is 10.1 Å². The van der Waals surface area contributed by atoms with Crippen molar-refractivity contribution < 1.29 is 24.0 Å². The second kappa shape index (κ2) is 7.48. The van der Waals surface area contributed by atoms with Crippen molar-refractivity contribution in [1.29, 1.82) is 0 Å². The third-order valence-electron chi connectivity index (χ3n) is 4.06. The van der Waals surface area contributed by atoms with Crippen molar-refractivity contribution in [2.75, 3.05) is 20.3 Å². The third kappa shape index (κ3) is 3.80. The van der Waals surface area contributed by atoms with E-state index in [9.17, 15) is 24.5 Å². The van der Waals surface area contributed by atoms with Crippen molar-refractivity contribution in [3.8, 4) is 0 Å². The van der Waals surface area contributed by atoms with Crippen LogP contribution >= 0.6 is 0 Å². The van der Waals surface area contributed by atoms with Gasteiger partial charge in [0.1, 0.15) is 12.1 Å². The SMILES string of the molecule is COC[C@@H](C)NC(=O)CN1C(=O)N[C@](C)(c2ccc([N+](=O)[O-])cc2)C1=O. The highest BCUT2D eigenvalue weighted by molar-refractivity contribution is 6.09. The lowest BCUT2D eigenvalue weighted by atomic mass is 9.92. The van der Waals surface area contributed by atoms with Gasteiger partial charge in [0.05, 0.1) is 11.5 Å². The van der Waals surface area contributed by atoms with E-state index in [2.05, 4.69) is 10.6 Å². The maximum Gasteiger partial charge on any atom is 0.325 e. The smallest absolute Gasteiger partial charge is 0.325 e. The zero-order valence-electron chi connectivity index (χ0n) is 14.6. The number of hydrogen-bond donors (Lipinski definition) is 2. The van der Waals surface area contributed by atoms with Crippen LogP contribution in [0.4, 0.5) is 10.5 Å². The number of ether oxygens (including phenoxy) is 1. The summed E-state index contributed by atoms with van der Waals surface area (Å²) in [6.45, 7) is 3.09. The lowest BCUT2D eigenvalue weighted by molar-refractivity contribution is -0.384. The maximum absolute atomic E-state index is 12.7. The summed E-state index contributed by atoms with van der Waals surface area (Å²) >= 11 is 0. The molecule has 4 amide bonds. The number of benzene rings is 1. The lowest BCUT2D eigenvalue weighted by Gasteiger charge is -2.22. The summed E-state index contributed by atoms with van der Waals surface area (Å²) < 4.78 is 4.91. The molecule has 2 rings (SSSR count). The van der Waals surface area contributed by atoms with E-state index >= 15 is 0 Å². The largest absolute Gasteiger partial charge is 0.383 e. The van der Waals surface area contributed by atoms with Crippen LogP contribution in [0.15, 0.2) is 24.3 Å². The van der Waals surface area contributed by atoms with Crippen molar-refractivity contribution in [1.82, 2.24) is 15.5 Å². The van der Waals surface area contributed by atoms with Crippen molar-refractivity contribution in [3.63, 3.8) is 0 Å². The molecule has 1 fully saturated rings. The minimum Gasteiger partial charge on any atom is -0.383 e. The van der Waals surface area contributed by atoms with Gasteiger partial charge in [0, 0.05) is 25.3 Å². The molecule has 1 saturated heterocycles. The van der Waals surface area contributed by atoms with Gasteiger partial charge < -0.3 is 15.4 Å². The van der Waals surface area contributed by atoms with E-state index in [0.29, 0.717) is 12.2 Å². The highest BCUT2D eigenvalue weighted by Gasteiger charge is 2.49. The molecule has 2 N–H and O–H groups in total. The standard InChI is InChI=1S/C16H20N4O6/c1-10(9-26-3)17-13(21)8-19-14(22)16(2,18-15(19)23)11-4-6-12(7-5-11)20(24)25/h4-7,10H,8-9H2,1-3H3,(H,17,21)(H,18,23)/t10-,16-/m1/s1. The molecule has 2 atom stereocenters. The summed E-state index contributed by atoms with van der Waals surface area (Å²) in [5.41, 5.74) is -1.14. The normalized spacial score (nSPS) is 20.7. The molecule has 0 radical (unpaired) electrons. The van der Waals surface area contributed by atoms with E-state index in [1.165, 1.54) is 38.3 Å². The van der Waals surface area contributed by atoms with Crippen LogP contribution < -0.4 is 10.6 Å². The number of nitrogens with one attached hydrogen (secondary N) is 2. The van der Waals surface area contributed by atoms with Crippen LogP contribution in [0.25, 0.3) is 0 Å². The Balaban J connectivity index is 2.14. The van der Waals surface area contributed by atoms with Gasteiger partial charge in [0.15, 0.2) is 0 Å². The molecule has 0 saturated carbocycles. The quantitative estimate of drug-likeness (QED) is 0.412. The highest BCUT2D eigenvalue weighted by Crippen LogP contribution is 2.29. The van der Waals surface area contributed by atoms with Gasteiger partial charge in [-0.25, -0.2) is 4.79 Å². The van der Waals surface area contributed by atoms with E-state index in [4.69, 9.17) is 4.74 Å². The van der Waals surface area contributed by atoms with Gasteiger partial charge in [-0.05, 0) is 31.5 Å². The number of hydrogen-bond acceptors (Lipinski definition) is 6.